The van der Waals surface area contributed by atoms with Gasteiger partial charge in [0, 0.05) is 6.04 Å². The Balaban J connectivity index is 2.66. The van der Waals surface area contributed by atoms with Crippen LogP contribution in [0.15, 0.2) is 0 Å². The monoisotopic (exact) mass is 191 g/mol. The van der Waals surface area contributed by atoms with E-state index in [0.29, 0.717) is 6.42 Å². The molecule has 1 rings (SSSR count). The van der Waals surface area contributed by atoms with Crippen LogP contribution in [0.1, 0.15) is 13.3 Å². The average Bonchev–Trinajstić information content (AvgIpc) is 2.15. The van der Waals surface area contributed by atoms with E-state index in [1.54, 1.807) is 0 Å². The van der Waals surface area contributed by atoms with Crippen molar-refractivity contribution in [1.82, 2.24) is 5.32 Å². The van der Waals surface area contributed by atoms with Crippen LogP contribution in [0.3, 0.4) is 0 Å². The Kier molecular flexibility index (Phi) is 3.63. The van der Waals surface area contributed by atoms with Crippen LogP contribution in [0.5, 0.6) is 0 Å². The lowest BCUT2D eigenvalue weighted by Crippen LogP contribution is -2.65. The van der Waals surface area contributed by atoms with E-state index in [-0.39, 0.29) is 12.6 Å². The van der Waals surface area contributed by atoms with E-state index in [4.69, 9.17) is 5.11 Å². The summed E-state index contributed by atoms with van der Waals surface area (Å²) in [5.41, 5.74) is 0. The molecule has 0 aromatic rings. The van der Waals surface area contributed by atoms with Gasteiger partial charge in [0.05, 0.1) is 24.9 Å². The van der Waals surface area contributed by atoms with Gasteiger partial charge in [-0.15, -0.1) is 0 Å². The summed E-state index contributed by atoms with van der Waals surface area (Å²) in [7, 11) is 0. The summed E-state index contributed by atoms with van der Waals surface area (Å²) < 4.78 is 0. The molecule has 1 saturated heterocycles. The first kappa shape index (κ1) is 10.9. The van der Waals surface area contributed by atoms with Crippen LogP contribution in [0, 0.1) is 0 Å². The average molecular weight is 191 g/mol. The van der Waals surface area contributed by atoms with Crippen LogP contribution in [0.4, 0.5) is 0 Å². The highest BCUT2D eigenvalue weighted by Crippen LogP contribution is 2.16. The number of hydrogen-bond acceptors (Lipinski definition) is 5. The Labute approximate surface area is 77.0 Å². The fraction of sp³-hybridized carbons (Fsp3) is 1.00. The lowest BCUT2D eigenvalue weighted by molar-refractivity contribution is -0.119. The van der Waals surface area contributed by atoms with Crippen molar-refractivity contribution in [3.05, 3.63) is 0 Å². The lowest BCUT2D eigenvalue weighted by Gasteiger charge is -2.40. The number of hydrogen-bond donors (Lipinski definition) is 5. The summed E-state index contributed by atoms with van der Waals surface area (Å²) in [6, 6.07) is -0.820. The maximum absolute atomic E-state index is 9.47. The number of rotatable bonds is 2. The highest BCUT2D eigenvalue weighted by Gasteiger charge is 2.40. The third kappa shape index (κ3) is 2.00. The van der Waals surface area contributed by atoms with Gasteiger partial charge in [0.1, 0.15) is 6.10 Å². The zero-order valence-corrected chi connectivity index (χ0v) is 7.59. The second kappa shape index (κ2) is 4.34. The molecule has 1 heterocycles. The molecule has 1 aliphatic heterocycles. The first-order valence-electron chi connectivity index (χ1n) is 4.53. The quantitative estimate of drug-likeness (QED) is 0.342. The summed E-state index contributed by atoms with van der Waals surface area (Å²) in [4.78, 5) is 0. The van der Waals surface area contributed by atoms with Crippen LogP contribution in [-0.2, 0) is 0 Å². The van der Waals surface area contributed by atoms with Crippen LogP contribution in [0.2, 0.25) is 0 Å². The molecule has 0 spiro atoms. The Bertz CT molecular complexity index is 146. The second-order valence-corrected chi connectivity index (χ2v) is 3.44. The van der Waals surface area contributed by atoms with Gasteiger partial charge in [-0.1, -0.05) is 6.92 Å². The van der Waals surface area contributed by atoms with E-state index < -0.39 is 24.4 Å². The predicted octanol–water partition coefficient (Wildman–Crippen LogP) is -2.19. The van der Waals surface area contributed by atoms with Gasteiger partial charge in [0.2, 0.25) is 0 Å². The molecule has 0 aromatic carbocycles. The van der Waals surface area contributed by atoms with Gasteiger partial charge < -0.3 is 25.7 Å². The minimum atomic E-state index is -1.18. The van der Waals surface area contributed by atoms with Crippen LogP contribution < -0.4 is 5.32 Å². The largest absolute Gasteiger partial charge is 0.395 e. The molecule has 78 valence electrons. The fourth-order valence-corrected chi connectivity index (χ4v) is 1.67. The molecule has 0 saturated carbocycles. The maximum Gasteiger partial charge on any atom is 0.109 e. The van der Waals surface area contributed by atoms with E-state index >= 15 is 0 Å². The van der Waals surface area contributed by atoms with E-state index in [2.05, 4.69) is 5.32 Å². The van der Waals surface area contributed by atoms with Crippen LogP contribution >= 0.6 is 0 Å². The topological polar surface area (TPSA) is 93.0 Å². The SMILES string of the molecule is CC[C@@H]1N[C@H](CO)[C@@H](O)[C@H](O)[C@@H]1O. The van der Waals surface area contributed by atoms with Crippen LogP contribution in [0.25, 0.3) is 0 Å². The van der Waals surface area contributed by atoms with Gasteiger partial charge in [0.25, 0.3) is 0 Å². The summed E-state index contributed by atoms with van der Waals surface area (Å²) in [6.07, 6.45) is -2.62. The predicted molar refractivity (Wildman–Crippen MR) is 46.1 cm³/mol. The molecule has 0 bridgehead atoms. The van der Waals surface area contributed by atoms with Crippen molar-refractivity contribution in [2.45, 2.75) is 43.7 Å². The Morgan fingerprint density at radius 1 is 1.00 bits per heavy atom. The number of nitrogens with one attached hydrogen (secondary N) is 1. The van der Waals surface area contributed by atoms with E-state index in [9.17, 15) is 15.3 Å². The lowest BCUT2D eigenvalue weighted by atomic mass is 9.89. The van der Waals surface area contributed by atoms with Gasteiger partial charge in [-0.05, 0) is 6.42 Å². The molecule has 1 aliphatic rings. The number of aliphatic hydroxyl groups is 4. The normalized spacial score (nSPS) is 46.4. The third-order valence-corrected chi connectivity index (χ3v) is 2.59. The molecule has 5 atom stereocenters. The Morgan fingerprint density at radius 3 is 2.00 bits per heavy atom. The molecule has 0 radical (unpaired) electrons. The van der Waals surface area contributed by atoms with Crippen molar-refractivity contribution in [2.24, 2.45) is 0 Å². The smallest absolute Gasteiger partial charge is 0.109 e. The zero-order chi connectivity index (χ0) is 10.0. The molecule has 5 N–H and O–H groups in total. The van der Waals surface area contributed by atoms with E-state index in [1.807, 2.05) is 6.92 Å². The van der Waals surface area contributed by atoms with E-state index in [1.165, 1.54) is 0 Å². The first-order valence-corrected chi connectivity index (χ1v) is 4.53. The van der Waals surface area contributed by atoms with E-state index in [0.717, 1.165) is 0 Å². The molecule has 5 heteroatoms. The Morgan fingerprint density at radius 2 is 1.54 bits per heavy atom. The molecule has 0 aromatic heterocycles. The van der Waals surface area contributed by atoms with Gasteiger partial charge >= 0.3 is 0 Å². The van der Waals surface area contributed by atoms with Gasteiger partial charge in [-0.3, -0.25) is 0 Å². The fourth-order valence-electron chi connectivity index (χ4n) is 1.67. The summed E-state index contributed by atoms with van der Waals surface area (Å²) in [5, 5.41) is 40.0. The van der Waals surface area contributed by atoms with Crippen molar-refractivity contribution < 1.29 is 20.4 Å². The summed E-state index contributed by atoms with van der Waals surface area (Å²) in [6.45, 7) is 1.61. The van der Waals surface area contributed by atoms with Crippen molar-refractivity contribution in [1.29, 1.82) is 0 Å². The molecular formula is C8H17NO4. The van der Waals surface area contributed by atoms with Gasteiger partial charge in [0.15, 0.2) is 0 Å². The van der Waals surface area contributed by atoms with Gasteiger partial charge in [-0.25, -0.2) is 0 Å². The standard InChI is InChI=1S/C8H17NO4/c1-2-4-6(11)8(13)7(12)5(3-10)9-4/h4-13H,2-3H2,1H3/t4-,5+,6+,7+,8+/m0/s1. The zero-order valence-electron chi connectivity index (χ0n) is 7.59. The molecular weight excluding hydrogens is 174 g/mol. The minimum Gasteiger partial charge on any atom is -0.395 e. The molecule has 0 unspecified atom stereocenters. The van der Waals surface area contributed by atoms with Crippen LogP contribution in [-0.4, -0.2) is 57.4 Å². The number of piperidine rings is 1. The highest BCUT2D eigenvalue weighted by molar-refractivity contribution is 4.97. The van der Waals surface area contributed by atoms with Crippen molar-refractivity contribution >= 4 is 0 Å². The number of aliphatic hydroxyl groups excluding tert-OH is 4. The molecule has 0 aliphatic carbocycles. The minimum absolute atomic E-state index is 0.249. The van der Waals surface area contributed by atoms with Crippen molar-refractivity contribution in [3.8, 4) is 0 Å². The molecule has 13 heavy (non-hydrogen) atoms. The summed E-state index contributed by atoms with van der Waals surface area (Å²) >= 11 is 0. The van der Waals surface area contributed by atoms with Crippen molar-refractivity contribution in [3.63, 3.8) is 0 Å². The first-order chi connectivity index (χ1) is 6.11. The van der Waals surface area contributed by atoms with Crippen molar-refractivity contribution in [2.75, 3.05) is 6.61 Å². The summed E-state index contributed by atoms with van der Waals surface area (Å²) in [5.74, 6) is 0. The Hall–Kier alpha value is -0.200. The maximum atomic E-state index is 9.47. The highest BCUT2D eigenvalue weighted by atomic mass is 16.4. The van der Waals surface area contributed by atoms with Gasteiger partial charge in [-0.2, -0.15) is 0 Å². The third-order valence-electron chi connectivity index (χ3n) is 2.59. The molecule has 1 fully saturated rings. The molecule has 5 nitrogen and oxygen atoms in total. The second-order valence-electron chi connectivity index (χ2n) is 3.44. The molecule has 0 amide bonds.